The van der Waals surface area contributed by atoms with Gasteiger partial charge in [0, 0.05) is 29.6 Å². The van der Waals surface area contributed by atoms with Gasteiger partial charge in [0.2, 0.25) is 0 Å². The van der Waals surface area contributed by atoms with E-state index >= 15 is 0 Å². The largest absolute Gasteiger partial charge is 0.314 e. The van der Waals surface area contributed by atoms with E-state index in [-0.39, 0.29) is 0 Å². The second kappa shape index (κ2) is 4.71. The molecule has 1 aliphatic heterocycles. The summed E-state index contributed by atoms with van der Waals surface area (Å²) in [5.41, 5.74) is 3.08. The zero-order valence-corrected chi connectivity index (χ0v) is 11.8. The maximum Gasteiger partial charge on any atom is 0.0345 e. The number of benzene rings is 1. The molecule has 3 rings (SSSR count). The average Bonchev–Trinajstić information content (AvgIpc) is 2.26. The van der Waals surface area contributed by atoms with E-state index < -0.39 is 0 Å². The minimum Gasteiger partial charge on any atom is -0.314 e. The van der Waals surface area contributed by atoms with Crippen molar-refractivity contribution in [2.75, 3.05) is 20.1 Å². The molecule has 0 saturated carbocycles. The smallest absolute Gasteiger partial charge is 0.0345 e. The molecule has 1 aromatic rings. The maximum absolute atomic E-state index is 3.56. The summed E-state index contributed by atoms with van der Waals surface area (Å²) in [5, 5.41) is 3.36. The number of nitrogens with one attached hydrogen (secondary N) is 1. The molecule has 1 atom stereocenters. The summed E-state index contributed by atoms with van der Waals surface area (Å²) in [6.45, 7) is 2.33. The van der Waals surface area contributed by atoms with Crippen molar-refractivity contribution in [3.8, 4) is 0 Å². The molecule has 1 saturated heterocycles. The van der Waals surface area contributed by atoms with Crippen molar-refractivity contribution < 1.29 is 0 Å². The van der Waals surface area contributed by atoms with Crippen LogP contribution in [0.15, 0.2) is 22.7 Å². The van der Waals surface area contributed by atoms with Crippen LogP contribution >= 0.6 is 15.9 Å². The van der Waals surface area contributed by atoms with Gasteiger partial charge in [-0.25, -0.2) is 0 Å². The van der Waals surface area contributed by atoms with Crippen LogP contribution in [0.1, 0.15) is 17.5 Å². The molecule has 0 spiro atoms. The van der Waals surface area contributed by atoms with Crippen molar-refractivity contribution in [2.24, 2.45) is 0 Å². The molecule has 0 bridgehead atoms. The van der Waals surface area contributed by atoms with Crippen molar-refractivity contribution in [2.45, 2.75) is 31.3 Å². The molecule has 0 radical (unpaired) electrons. The quantitative estimate of drug-likeness (QED) is 0.900. The fourth-order valence-corrected chi connectivity index (χ4v) is 3.32. The Kier molecular flexibility index (Phi) is 3.24. The number of halogens is 1. The Hall–Kier alpha value is -0.380. The highest BCUT2D eigenvalue weighted by Gasteiger charge is 2.29. The van der Waals surface area contributed by atoms with Gasteiger partial charge < -0.3 is 5.32 Å². The monoisotopic (exact) mass is 294 g/mol. The standard InChI is InChI=1S/C14H19BrN2/c1-17(14-8-16-9-14)13-5-3-10-6-12(15)4-2-11(10)7-13/h2,4,6,13-14,16H,3,5,7-9H2,1H3. The topological polar surface area (TPSA) is 15.3 Å². The van der Waals surface area contributed by atoms with E-state index in [0.29, 0.717) is 0 Å². The Balaban J connectivity index is 1.73. The molecule has 1 aliphatic carbocycles. The average molecular weight is 295 g/mol. The predicted octanol–water partition coefficient (Wildman–Crippen LogP) is 2.21. The van der Waals surface area contributed by atoms with Crippen molar-refractivity contribution in [3.63, 3.8) is 0 Å². The molecule has 0 amide bonds. The number of aryl methyl sites for hydroxylation is 1. The highest BCUT2D eigenvalue weighted by molar-refractivity contribution is 9.10. The third-order valence-electron chi connectivity index (χ3n) is 4.28. The number of nitrogens with zero attached hydrogens (tertiary/aromatic N) is 1. The van der Waals surface area contributed by atoms with Crippen LogP contribution in [-0.2, 0) is 12.8 Å². The molecule has 1 N–H and O–H groups in total. The zero-order valence-electron chi connectivity index (χ0n) is 10.2. The first-order chi connectivity index (χ1) is 8.24. The van der Waals surface area contributed by atoms with Crippen LogP contribution in [0.5, 0.6) is 0 Å². The summed E-state index contributed by atoms with van der Waals surface area (Å²) in [6, 6.07) is 8.24. The third kappa shape index (κ3) is 2.28. The summed E-state index contributed by atoms with van der Waals surface area (Å²) in [5.74, 6) is 0. The fraction of sp³-hybridized carbons (Fsp3) is 0.571. The van der Waals surface area contributed by atoms with Crippen LogP contribution < -0.4 is 5.32 Å². The molecule has 1 unspecified atom stereocenters. The lowest BCUT2D eigenvalue weighted by atomic mass is 9.87. The lowest BCUT2D eigenvalue weighted by Gasteiger charge is -2.42. The Bertz CT molecular complexity index is 415. The molecule has 1 fully saturated rings. The lowest BCUT2D eigenvalue weighted by molar-refractivity contribution is 0.117. The van der Waals surface area contributed by atoms with Gasteiger partial charge in [0.1, 0.15) is 0 Å². The van der Waals surface area contributed by atoms with E-state index in [1.54, 1.807) is 5.56 Å². The van der Waals surface area contributed by atoms with E-state index in [1.165, 1.54) is 42.4 Å². The number of hydrogen-bond donors (Lipinski definition) is 1. The molecule has 2 nitrogen and oxygen atoms in total. The van der Waals surface area contributed by atoms with Crippen LogP contribution in [-0.4, -0.2) is 37.1 Å². The first-order valence-corrected chi connectivity index (χ1v) is 7.23. The van der Waals surface area contributed by atoms with Crippen molar-refractivity contribution in [1.29, 1.82) is 0 Å². The van der Waals surface area contributed by atoms with E-state index in [4.69, 9.17) is 0 Å². The Labute approximate surface area is 112 Å². The zero-order chi connectivity index (χ0) is 11.8. The second-order valence-electron chi connectivity index (χ2n) is 5.29. The van der Waals surface area contributed by atoms with Gasteiger partial charge in [-0.2, -0.15) is 0 Å². The van der Waals surface area contributed by atoms with Gasteiger partial charge in [-0.15, -0.1) is 0 Å². The van der Waals surface area contributed by atoms with E-state index in [2.05, 4.69) is 51.4 Å². The molecule has 2 aliphatic rings. The van der Waals surface area contributed by atoms with Crippen molar-refractivity contribution >= 4 is 15.9 Å². The molecule has 1 aromatic carbocycles. The summed E-state index contributed by atoms with van der Waals surface area (Å²) in [4.78, 5) is 2.58. The van der Waals surface area contributed by atoms with Crippen molar-refractivity contribution in [3.05, 3.63) is 33.8 Å². The second-order valence-corrected chi connectivity index (χ2v) is 6.20. The number of likely N-dealkylation sites (N-methyl/N-ethyl adjacent to an activating group) is 1. The van der Waals surface area contributed by atoms with E-state index in [0.717, 1.165) is 12.1 Å². The number of hydrogen-bond acceptors (Lipinski definition) is 2. The van der Waals surface area contributed by atoms with Crippen molar-refractivity contribution in [1.82, 2.24) is 10.2 Å². The van der Waals surface area contributed by atoms with E-state index in [9.17, 15) is 0 Å². The summed E-state index contributed by atoms with van der Waals surface area (Å²) < 4.78 is 1.21. The SMILES string of the molecule is CN(C1CNC1)C1CCc2cc(Br)ccc2C1. The molecule has 3 heteroatoms. The minimum atomic E-state index is 0.732. The molecule has 1 heterocycles. The summed E-state index contributed by atoms with van der Waals surface area (Å²) in [7, 11) is 2.29. The molecular formula is C14H19BrN2. The summed E-state index contributed by atoms with van der Waals surface area (Å²) >= 11 is 3.56. The minimum absolute atomic E-state index is 0.732. The molecular weight excluding hydrogens is 276 g/mol. The molecule has 92 valence electrons. The molecule has 0 aromatic heterocycles. The Morgan fingerprint density at radius 1 is 1.24 bits per heavy atom. The fourth-order valence-electron chi connectivity index (χ4n) is 2.91. The van der Waals surface area contributed by atoms with Crippen LogP contribution in [0, 0.1) is 0 Å². The number of rotatable bonds is 2. The Morgan fingerprint density at radius 3 is 2.76 bits per heavy atom. The van der Waals surface area contributed by atoms with Crippen LogP contribution in [0.2, 0.25) is 0 Å². The van der Waals surface area contributed by atoms with Gasteiger partial charge >= 0.3 is 0 Å². The highest BCUT2D eigenvalue weighted by atomic mass is 79.9. The van der Waals surface area contributed by atoms with Gasteiger partial charge in [-0.1, -0.05) is 22.0 Å². The molecule has 17 heavy (non-hydrogen) atoms. The van der Waals surface area contributed by atoms with Gasteiger partial charge in [0.25, 0.3) is 0 Å². The van der Waals surface area contributed by atoms with Gasteiger partial charge in [-0.05, 0) is 49.6 Å². The maximum atomic E-state index is 3.56. The first kappa shape index (κ1) is 11.7. The first-order valence-electron chi connectivity index (χ1n) is 6.44. The van der Waals surface area contributed by atoms with E-state index in [1.807, 2.05) is 0 Å². The van der Waals surface area contributed by atoms with Crippen LogP contribution in [0.4, 0.5) is 0 Å². The number of fused-ring (bicyclic) bond motifs is 1. The Morgan fingerprint density at radius 2 is 2.06 bits per heavy atom. The normalized spacial score (nSPS) is 24.5. The van der Waals surface area contributed by atoms with Gasteiger partial charge in [-0.3, -0.25) is 4.90 Å². The lowest BCUT2D eigenvalue weighted by Crippen LogP contribution is -2.59. The van der Waals surface area contributed by atoms with Crippen LogP contribution in [0.25, 0.3) is 0 Å². The third-order valence-corrected chi connectivity index (χ3v) is 4.78. The predicted molar refractivity (Wildman–Crippen MR) is 74.4 cm³/mol. The van der Waals surface area contributed by atoms with Gasteiger partial charge in [0.05, 0.1) is 0 Å². The van der Waals surface area contributed by atoms with Crippen LogP contribution in [0.3, 0.4) is 0 Å². The summed E-state index contributed by atoms with van der Waals surface area (Å²) in [6.07, 6.45) is 3.75. The van der Waals surface area contributed by atoms with Gasteiger partial charge in [0.15, 0.2) is 0 Å². The highest BCUT2D eigenvalue weighted by Crippen LogP contribution is 2.27.